The molecule has 19 heavy (non-hydrogen) atoms. The van der Waals surface area contributed by atoms with Crippen molar-refractivity contribution in [1.82, 2.24) is 10.0 Å². The molecular weight excluding hydrogens is 264 g/mol. The van der Waals surface area contributed by atoms with Crippen molar-refractivity contribution in [2.24, 2.45) is 11.8 Å². The summed E-state index contributed by atoms with van der Waals surface area (Å²) in [5.41, 5.74) is 0. The standard InChI is InChI=1S/C13H28N2O3S/c1-12(2)10-18-9-3-6-15-19(16,17)11-13-4-7-14-8-5-13/h12-15H,3-11H2,1-2H3. The minimum atomic E-state index is -3.12. The van der Waals surface area contributed by atoms with Gasteiger partial charge in [0.15, 0.2) is 0 Å². The van der Waals surface area contributed by atoms with Crippen molar-refractivity contribution in [3.8, 4) is 0 Å². The molecule has 0 saturated carbocycles. The molecule has 2 N–H and O–H groups in total. The van der Waals surface area contributed by atoms with E-state index >= 15 is 0 Å². The number of nitrogens with one attached hydrogen (secondary N) is 2. The van der Waals surface area contributed by atoms with Crippen molar-refractivity contribution in [2.75, 3.05) is 38.6 Å². The first-order chi connectivity index (χ1) is 8.99. The summed E-state index contributed by atoms with van der Waals surface area (Å²) >= 11 is 0. The minimum absolute atomic E-state index is 0.265. The van der Waals surface area contributed by atoms with Crippen molar-refractivity contribution in [2.45, 2.75) is 33.1 Å². The van der Waals surface area contributed by atoms with E-state index in [1.54, 1.807) is 0 Å². The molecule has 114 valence electrons. The van der Waals surface area contributed by atoms with Gasteiger partial charge in [-0.25, -0.2) is 13.1 Å². The molecule has 0 atom stereocenters. The molecule has 5 nitrogen and oxygen atoms in total. The quantitative estimate of drug-likeness (QED) is 0.621. The molecule has 0 aromatic rings. The first-order valence-electron chi connectivity index (χ1n) is 7.25. The number of hydrogen-bond acceptors (Lipinski definition) is 4. The Bertz CT molecular complexity index is 325. The number of ether oxygens (including phenoxy) is 1. The predicted molar refractivity (Wildman–Crippen MR) is 77.7 cm³/mol. The maximum atomic E-state index is 11.9. The smallest absolute Gasteiger partial charge is 0.211 e. The summed E-state index contributed by atoms with van der Waals surface area (Å²) < 4.78 is 31.8. The molecule has 1 saturated heterocycles. The Balaban J connectivity index is 2.09. The van der Waals surface area contributed by atoms with Gasteiger partial charge < -0.3 is 10.1 Å². The predicted octanol–water partition coefficient (Wildman–Crippen LogP) is 0.968. The highest BCUT2D eigenvalue weighted by molar-refractivity contribution is 7.89. The Kier molecular flexibility index (Phi) is 7.90. The lowest BCUT2D eigenvalue weighted by Gasteiger charge is -2.22. The second kappa shape index (κ2) is 8.89. The van der Waals surface area contributed by atoms with Crippen molar-refractivity contribution >= 4 is 10.0 Å². The molecule has 1 aliphatic heterocycles. The molecule has 1 rings (SSSR count). The van der Waals surface area contributed by atoms with Crippen molar-refractivity contribution in [3.63, 3.8) is 0 Å². The van der Waals surface area contributed by atoms with Gasteiger partial charge in [0.2, 0.25) is 10.0 Å². The van der Waals surface area contributed by atoms with Gasteiger partial charge in [-0.3, -0.25) is 0 Å². The van der Waals surface area contributed by atoms with Crippen LogP contribution >= 0.6 is 0 Å². The summed E-state index contributed by atoms with van der Waals surface area (Å²) in [6, 6.07) is 0. The molecule has 0 aromatic heterocycles. The van der Waals surface area contributed by atoms with E-state index in [0.29, 0.717) is 25.0 Å². The van der Waals surface area contributed by atoms with Gasteiger partial charge in [-0.1, -0.05) is 13.8 Å². The molecule has 1 fully saturated rings. The number of rotatable bonds is 9. The molecule has 0 spiro atoms. The molecule has 6 heteroatoms. The van der Waals surface area contributed by atoms with Gasteiger partial charge in [0.05, 0.1) is 5.75 Å². The average molecular weight is 292 g/mol. The summed E-state index contributed by atoms with van der Waals surface area (Å²) in [4.78, 5) is 0. The second-order valence-electron chi connectivity index (χ2n) is 5.69. The molecule has 0 aliphatic carbocycles. The van der Waals surface area contributed by atoms with Gasteiger partial charge in [0.25, 0.3) is 0 Å². The van der Waals surface area contributed by atoms with E-state index in [1.807, 2.05) is 0 Å². The SMILES string of the molecule is CC(C)COCCCNS(=O)(=O)CC1CCNCC1. The third kappa shape index (κ3) is 8.57. The first kappa shape index (κ1) is 16.9. The lowest BCUT2D eigenvalue weighted by atomic mass is 10.0. The third-order valence-electron chi connectivity index (χ3n) is 3.15. The van der Waals surface area contributed by atoms with E-state index in [2.05, 4.69) is 23.9 Å². The Morgan fingerprint density at radius 1 is 1.32 bits per heavy atom. The zero-order chi connectivity index (χ0) is 14.1. The molecule has 1 heterocycles. The minimum Gasteiger partial charge on any atom is -0.381 e. The van der Waals surface area contributed by atoms with Gasteiger partial charge in [0.1, 0.15) is 0 Å². The summed E-state index contributed by atoms with van der Waals surface area (Å²) in [5.74, 6) is 1.09. The maximum Gasteiger partial charge on any atom is 0.211 e. The molecule has 1 aliphatic rings. The fourth-order valence-corrected chi connectivity index (χ4v) is 3.67. The zero-order valence-corrected chi connectivity index (χ0v) is 13.0. The molecule has 0 bridgehead atoms. The van der Waals surface area contributed by atoms with Crippen molar-refractivity contribution in [3.05, 3.63) is 0 Å². The van der Waals surface area contributed by atoms with Crippen LogP contribution in [0.3, 0.4) is 0 Å². The molecular formula is C13H28N2O3S. The van der Waals surface area contributed by atoms with Crippen LogP contribution < -0.4 is 10.0 Å². The molecule has 0 amide bonds. The fourth-order valence-electron chi connectivity index (χ4n) is 2.14. The Morgan fingerprint density at radius 3 is 2.63 bits per heavy atom. The van der Waals surface area contributed by atoms with Gasteiger partial charge in [-0.2, -0.15) is 0 Å². The van der Waals surface area contributed by atoms with Gasteiger partial charge in [-0.15, -0.1) is 0 Å². The van der Waals surface area contributed by atoms with E-state index in [4.69, 9.17) is 4.74 Å². The normalized spacial score (nSPS) is 18.1. The van der Waals surface area contributed by atoms with Crippen LogP contribution in [0.2, 0.25) is 0 Å². The lowest BCUT2D eigenvalue weighted by molar-refractivity contribution is 0.108. The van der Waals surface area contributed by atoms with Crippen molar-refractivity contribution in [1.29, 1.82) is 0 Å². The van der Waals surface area contributed by atoms with Crippen LogP contribution in [0.25, 0.3) is 0 Å². The van der Waals surface area contributed by atoms with E-state index in [-0.39, 0.29) is 5.75 Å². The topological polar surface area (TPSA) is 67.4 Å². The van der Waals surface area contributed by atoms with Crippen LogP contribution in [-0.4, -0.2) is 47.0 Å². The summed E-state index contributed by atoms with van der Waals surface area (Å²) in [6.07, 6.45) is 2.65. The van der Waals surface area contributed by atoms with Crippen LogP contribution in [-0.2, 0) is 14.8 Å². The van der Waals surface area contributed by atoms with Crippen LogP contribution in [0.15, 0.2) is 0 Å². The highest BCUT2D eigenvalue weighted by Crippen LogP contribution is 2.13. The number of hydrogen-bond donors (Lipinski definition) is 2. The molecule has 0 radical (unpaired) electrons. The third-order valence-corrected chi connectivity index (χ3v) is 4.71. The number of sulfonamides is 1. The van der Waals surface area contributed by atoms with Crippen LogP contribution in [0.5, 0.6) is 0 Å². The van der Waals surface area contributed by atoms with E-state index in [1.165, 1.54) is 0 Å². The zero-order valence-electron chi connectivity index (χ0n) is 12.2. The Labute approximate surface area is 117 Å². The maximum absolute atomic E-state index is 11.9. The van der Waals surface area contributed by atoms with Gasteiger partial charge >= 0.3 is 0 Å². The summed E-state index contributed by atoms with van der Waals surface area (Å²) in [5, 5.41) is 3.24. The summed E-state index contributed by atoms with van der Waals surface area (Å²) in [6.45, 7) is 7.90. The lowest BCUT2D eigenvalue weighted by Crippen LogP contribution is -2.36. The van der Waals surface area contributed by atoms with E-state index in [0.717, 1.165) is 39.0 Å². The highest BCUT2D eigenvalue weighted by atomic mass is 32.2. The van der Waals surface area contributed by atoms with Crippen molar-refractivity contribution < 1.29 is 13.2 Å². The monoisotopic (exact) mass is 292 g/mol. The second-order valence-corrected chi connectivity index (χ2v) is 7.54. The van der Waals surface area contributed by atoms with E-state index < -0.39 is 10.0 Å². The van der Waals surface area contributed by atoms with Gasteiger partial charge in [0, 0.05) is 19.8 Å². The summed E-state index contributed by atoms with van der Waals surface area (Å²) in [7, 11) is -3.12. The van der Waals surface area contributed by atoms with Crippen LogP contribution in [0.1, 0.15) is 33.1 Å². The van der Waals surface area contributed by atoms with Crippen LogP contribution in [0, 0.1) is 11.8 Å². The Hall–Kier alpha value is -0.170. The Morgan fingerprint density at radius 2 is 2.00 bits per heavy atom. The highest BCUT2D eigenvalue weighted by Gasteiger charge is 2.20. The largest absolute Gasteiger partial charge is 0.381 e. The van der Waals surface area contributed by atoms with Gasteiger partial charge in [-0.05, 0) is 44.2 Å². The molecule has 0 aromatic carbocycles. The van der Waals surface area contributed by atoms with E-state index in [9.17, 15) is 8.42 Å². The average Bonchev–Trinajstić information content (AvgIpc) is 2.34. The fraction of sp³-hybridized carbons (Fsp3) is 1.00. The number of piperidine rings is 1. The molecule has 0 unspecified atom stereocenters. The first-order valence-corrected chi connectivity index (χ1v) is 8.90. The van der Waals surface area contributed by atoms with Crippen LogP contribution in [0.4, 0.5) is 0 Å².